The highest BCUT2D eigenvalue weighted by molar-refractivity contribution is 5.15. The summed E-state index contributed by atoms with van der Waals surface area (Å²) in [5.41, 5.74) is 2.50. The van der Waals surface area contributed by atoms with Crippen LogP contribution in [0.25, 0.3) is 0 Å². The van der Waals surface area contributed by atoms with Crippen molar-refractivity contribution in [2.24, 2.45) is 0 Å². The highest BCUT2D eigenvalue weighted by atomic mass is 16.3. The first kappa shape index (κ1) is 16.2. The Kier molecular flexibility index (Phi) is 5.47. The van der Waals surface area contributed by atoms with Gasteiger partial charge >= 0.3 is 0 Å². The quantitative estimate of drug-likeness (QED) is 0.891. The Balaban J connectivity index is 1.63. The lowest BCUT2D eigenvalue weighted by atomic mass is 9.95. The summed E-state index contributed by atoms with van der Waals surface area (Å²) in [6.07, 6.45) is 8.27. The second-order valence-corrected chi connectivity index (χ2v) is 6.54. The van der Waals surface area contributed by atoms with Crippen molar-refractivity contribution in [3.8, 4) is 0 Å². The Morgan fingerprint density at radius 3 is 2.78 bits per heavy atom. The second kappa shape index (κ2) is 7.75. The van der Waals surface area contributed by atoms with Crippen molar-refractivity contribution in [2.45, 2.75) is 57.8 Å². The van der Waals surface area contributed by atoms with Crippen LogP contribution in [0.1, 0.15) is 43.7 Å². The van der Waals surface area contributed by atoms with E-state index in [-0.39, 0.29) is 6.10 Å². The number of aromatic nitrogens is 2. The minimum absolute atomic E-state index is 0.213. The largest absolute Gasteiger partial charge is 0.392 e. The predicted octanol–water partition coefficient (Wildman–Crippen LogP) is 3.06. The summed E-state index contributed by atoms with van der Waals surface area (Å²) in [6.45, 7) is 4.83. The zero-order valence-corrected chi connectivity index (χ0v) is 13.9. The molecule has 1 aromatic carbocycles. The van der Waals surface area contributed by atoms with Gasteiger partial charge in [-0.3, -0.25) is 9.58 Å². The number of likely N-dealkylation sites (tertiary alicyclic amines) is 1. The SMILES string of the molecule is CCC(O)C1CCCCN1Cc1cnn(Cc2ccccc2)c1. The van der Waals surface area contributed by atoms with Crippen molar-refractivity contribution in [1.29, 1.82) is 0 Å². The molecular formula is C19H27N3O. The summed E-state index contributed by atoms with van der Waals surface area (Å²) >= 11 is 0. The third-order valence-electron chi connectivity index (χ3n) is 4.79. The third-order valence-corrected chi connectivity index (χ3v) is 4.79. The van der Waals surface area contributed by atoms with E-state index in [2.05, 4.69) is 47.4 Å². The van der Waals surface area contributed by atoms with Gasteiger partial charge in [-0.2, -0.15) is 5.10 Å². The van der Waals surface area contributed by atoms with Crippen LogP contribution >= 0.6 is 0 Å². The molecule has 4 nitrogen and oxygen atoms in total. The third kappa shape index (κ3) is 4.21. The van der Waals surface area contributed by atoms with Crippen molar-refractivity contribution < 1.29 is 5.11 Å². The van der Waals surface area contributed by atoms with E-state index in [1.807, 2.05) is 16.9 Å². The van der Waals surface area contributed by atoms with Crippen molar-refractivity contribution in [3.05, 3.63) is 53.9 Å². The molecule has 3 rings (SSSR count). The number of benzene rings is 1. The van der Waals surface area contributed by atoms with Crippen LogP contribution in [0.4, 0.5) is 0 Å². The maximum atomic E-state index is 10.3. The average Bonchev–Trinajstić information content (AvgIpc) is 3.02. The lowest BCUT2D eigenvalue weighted by Gasteiger charge is -2.38. The number of aliphatic hydroxyl groups is 1. The van der Waals surface area contributed by atoms with Gasteiger partial charge in [0.15, 0.2) is 0 Å². The summed E-state index contributed by atoms with van der Waals surface area (Å²) in [7, 11) is 0. The summed E-state index contributed by atoms with van der Waals surface area (Å²) in [5.74, 6) is 0. The van der Waals surface area contributed by atoms with E-state index in [0.29, 0.717) is 6.04 Å². The van der Waals surface area contributed by atoms with Crippen LogP contribution in [0.2, 0.25) is 0 Å². The average molecular weight is 313 g/mol. The van der Waals surface area contributed by atoms with E-state index in [9.17, 15) is 5.11 Å². The van der Waals surface area contributed by atoms with E-state index in [1.54, 1.807) is 0 Å². The van der Waals surface area contributed by atoms with Crippen LogP contribution in [0.3, 0.4) is 0 Å². The number of hydrogen-bond acceptors (Lipinski definition) is 3. The molecule has 4 heteroatoms. The molecule has 1 aromatic heterocycles. The Labute approximate surface area is 138 Å². The van der Waals surface area contributed by atoms with Crippen molar-refractivity contribution in [2.75, 3.05) is 6.54 Å². The van der Waals surface area contributed by atoms with Gasteiger partial charge in [0.2, 0.25) is 0 Å². The van der Waals surface area contributed by atoms with E-state index in [4.69, 9.17) is 0 Å². The standard InChI is InChI=1S/C19H27N3O/c1-2-19(23)18-10-6-7-11-21(18)13-17-12-20-22(15-17)14-16-8-4-3-5-9-16/h3-5,8-9,12,15,18-19,23H,2,6-7,10-11,13-14H2,1H3. The van der Waals surface area contributed by atoms with E-state index in [0.717, 1.165) is 32.5 Å². The van der Waals surface area contributed by atoms with Crippen LogP contribution in [0.15, 0.2) is 42.7 Å². The molecule has 2 unspecified atom stereocenters. The van der Waals surface area contributed by atoms with Crippen molar-refractivity contribution in [3.63, 3.8) is 0 Å². The van der Waals surface area contributed by atoms with Crippen LogP contribution < -0.4 is 0 Å². The Morgan fingerprint density at radius 2 is 2.00 bits per heavy atom. The fourth-order valence-electron chi connectivity index (χ4n) is 3.50. The van der Waals surface area contributed by atoms with Crippen LogP contribution in [0, 0.1) is 0 Å². The van der Waals surface area contributed by atoms with E-state index in [1.165, 1.54) is 24.0 Å². The highest BCUT2D eigenvalue weighted by Crippen LogP contribution is 2.23. The number of nitrogens with zero attached hydrogens (tertiary/aromatic N) is 3. The first-order valence-corrected chi connectivity index (χ1v) is 8.73. The van der Waals surface area contributed by atoms with Crippen molar-refractivity contribution in [1.82, 2.24) is 14.7 Å². The molecule has 1 fully saturated rings. The van der Waals surface area contributed by atoms with Gasteiger partial charge in [-0.15, -0.1) is 0 Å². The lowest BCUT2D eigenvalue weighted by Crippen LogP contribution is -2.46. The molecule has 0 amide bonds. The van der Waals surface area contributed by atoms with Gasteiger partial charge in [0, 0.05) is 24.3 Å². The van der Waals surface area contributed by atoms with E-state index < -0.39 is 0 Å². The van der Waals surface area contributed by atoms with Crippen LogP contribution in [0.5, 0.6) is 0 Å². The normalized spacial score (nSPS) is 20.5. The lowest BCUT2D eigenvalue weighted by molar-refractivity contribution is 0.0195. The summed E-state index contributed by atoms with van der Waals surface area (Å²) in [4.78, 5) is 2.43. The minimum atomic E-state index is -0.213. The van der Waals surface area contributed by atoms with Gasteiger partial charge in [-0.05, 0) is 31.4 Å². The highest BCUT2D eigenvalue weighted by Gasteiger charge is 2.27. The maximum absolute atomic E-state index is 10.3. The molecule has 0 aliphatic carbocycles. The molecule has 0 saturated carbocycles. The summed E-state index contributed by atoms with van der Waals surface area (Å²) in [6, 6.07) is 10.7. The number of rotatable bonds is 6. The van der Waals surface area contributed by atoms with E-state index >= 15 is 0 Å². The molecule has 1 aliphatic heterocycles. The molecule has 23 heavy (non-hydrogen) atoms. The number of hydrogen-bond donors (Lipinski definition) is 1. The molecule has 2 heterocycles. The van der Waals surface area contributed by atoms with Gasteiger partial charge in [0.05, 0.1) is 18.8 Å². The fraction of sp³-hybridized carbons (Fsp3) is 0.526. The summed E-state index contributed by atoms with van der Waals surface area (Å²) < 4.78 is 2.00. The van der Waals surface area contributed by atoms with Crippen LogP contribution in [-0.2, 0) is 13.1 Å². The maximum Gasteiger partial charge on any atom is 0.0692 e. The van der Waals surface area contributed by atoms with Gasteiger partial charge in [-0.25, -0.2) is 0 Å². The van der Waals surface area contributed by atoms with Crippen molar-refractivity contribution >= 4 is 0 Å². The molecule has 1 aliphatic rings. The molecule has 1 saturated heterocycles. The molecule has 2 atom stereocenters. The monoisotopic (exact) mass is 313 g/mol. The Hall–Kier alpha value is -1.65. The van der Waals surface area contributed by atoms with Gasteiger partial charge in [0.25, 0.3) is 0 Å². The predicted molar refractivity (Wildman–Crippen MR) is 92.1 cm³/mol. The Morgan fingerprint density at radius 1 is 1.17 bits per heavy atom. The van der Waals surface area contributed by atoms with Gasteiger partial charge in [0.1, 0.15) is 0 Å². The Bertz CT molecular complexity index is 596. The zero-order chi connectivity index (χ0) is 16.1. The zero-order valence-electron chi connectivity index (χ0n) is 13.9. The second-order valence-electron chi connectivity index (χ2n) is 6.54. The first-order chi connectivity index (χ1) is 11.3. The first-order valence-electron chi connectivity index (χ1n) is 8.73. The topological polar surface area (TPSA) is 41.3 Å². The minimum Gasteiger partial charge on any atom is -0.392 e. The number of aliphatic hydroxyl groups excluding tert-OH is 1. The molecule has 124 valence electrons. The molecule has 2 aromatic rings. The smallest absolute Gasteiger partial charge is 0.0692 e. The van der Waals surface area contributed by atoms with Gasteiger partial charge < -0.3 is 5.11 Å². The molecule has 0 spiro atoms. The molecule has 0 radical (unpaired) electrons. The summed E-state index contributed by atoms with van der Waals surface area (Å²) in [5, 5.41) is 14.8. The molecular weight excluding hydrogens is 286 g/mol. The fourth-order valence-corrected chi connectivity index (χ4v) is 3.50. The van der Waals surface area contributed by atoms with Crippen LogP contribution in [-0.4, -0.2) is 38.5 Å². The number of piperidine rings is 1. The van der Waals surface area contributed by atoms with Gasteiger partial charge in [-0.1, -0.05) is 43.7 Å². The molecule has 1 N–H and O–H groups in total. The molecule has 0 bridgehead atoms.